The van der Waals surface area contributed by atoms with Crippen molar-refractivity contribution in [3.8, 4) is 0 Å². The van der Waals surface area contributed by atoms with E-state index >= 15 is 0 Å². The summed E-state index contributed by atoms with van der Waals surface area (Å²) >= 11 is 0. The van der Waals surface area contributed by atoms with Crippen LogP contribution in [-0.2, 0) is 9.47 Å². The highest BCUT2D eigenvalue weighted by atomic mass is 16.5. The first-order chi connectivity index (χ1) is 9.15. The van der Waals surface area contributed by atoms with E-state index in [2.05, 4.69) is 10.6 Å². The molecule has 0 aliphatic rings. The van der Waals surface area contributed by atoms with Gasteiger partial charge in [-0.1, -0.05) is 12.1 Å². The number of nitrogen functional groups attached to an aromatic ring is 1. The van der Waals surface area contributed by atoms with Gasteiger partial charge in [0.05, 0.1) is 18.8 Å². The number of anilines is 1. The lowest BCUT2D eigenvalue weighted by Crippen LogP contribution is -2.40. The van der Waals surface area contributed by atoms with Gasteiger partial charge in [0.1, 0.15) is 6.73 Å². The van der Waals surface area contributed by atoms with Crippen molar-refractivity contribution in [2.75, 3.05) is 32.8 Å². The molecule has 0 bridgehead atoms. The average molecular weight is 267 g/mol. The number of carbonyl (C=O) groups is 2. The van der Waals surface area contributed by atoms with Crippen LogP contribution in [0.2, 0.25) is 0 Å². The number of nitrogens with one attached hydrogen (secondary N) is 2. The first kappa shape index (κ1) is 14.9. The number of methoxy groups -OCH3 is 1. The lowest BCUT2D eigenvalue weighted by Gasteiger charge is -2.08. The summed E-state index contributed by atoms with van der Waals surface area (Å²) in [7, 11) is 1.55. The fourth-order valence-electron chi connectivity index (χ4n) is 1.25. The Balaban J connectivity index is 2.32. The molecule has 1 aromatic carbocycles. The lowest BCUT2D eigenvalue weighted by molar-refractivity contribution is 0.0639. The van der Waals surface area contributed by atoms with Gasteiger partial charge in [-0.2, -0.15) is 0 Å². The smallest absolute Gasteiger partial charge is 0.323 e. The van der Waals surface area contributed by atoms with Gasteiger partial charge in [-0.25, -0.2) is 4.79 Å². The highest BCUT2D eigenvalue weighted by Gasteiger charge is 2.11. The monoisotopic (exact) mass is 267 g/mol. The maximum absolute atomic E-state index is 11.7. The van der Waals surface area contributed by atoms with Crippen molar-refractivity contribution in [1.29, 1.82) is 0 Å². The first-order valence-corrected chi connectivity index (χ1v) is 5.65. The summed E-state index contributed by atoms with van der Waals surface area (Å²) in [6, 6.07) is 5.84. The van der Waals surface area contributed by atoms with Crippen LogP contribution in [0, 0.1) is 0 Å². The molecule has 1 rings (SSSR count). The van der Waals surface area contributed by atoms with Crippen LogP contribution in [0.3, 0.4) is 0 Å². The fourth-order valence-corrected chi connectivity index (χ4v) is 1.25. The zero-order valence-corrected chi connectivity index (χ0v) is 10.6. The standard InChI is InChI=1S/C12H17N3O4/c1-18-6-7-19-8-14-12(17)15-11(16)9-4-2-3-5-10(9)13/h2-5H,6-8,13H2,1H3,(H2,14,15,16,17). The van der Waals surface area contributed by atoms with Gasteiger partial charge in [-0.05, 0) is 12.1 Å². The number of rotatable bonds is 6. The van der Waals surface area contributed by atoms with Crippen LogP contribution in [-0.4, -0.2) is 39.0 Å². The SMILES string of the molecule is COCCOCNC(=O)NC(=O)c1ccccc1N. The van der Waals surface area contributed by atoms with Crippen molar-refractivity contribution in [2.45, 2.75) is 0 Å². The highest BCUT2D eigenvalue weighted by Crippen LogP contribution is 2.09. The Bertz CT molecular complexity index is 437. The highest BCUT2D eigenvalue weighted by molar-refractivity contribution is 6.07. The molecule has 0 heterocycles. The normalized spacial score (nSPS) is 9.95. The average Bonchev–Trinajstić information content (AvgIpc) is 2.39. The second-order valence-electron chi connectivity index (χ2n) is 3.59. The molecule has 0 aliphatic carbocycles. The molecule has 7 heteroatoms. The van der Waals surface area contributed by atoms with E-state index in [0.29, 0.717) is 18.9 Å². The minimum Gasteiger partial charge on any atom is -0.398 e. The molecule has 0 aliphatic heterocycles. The molecule has 0 saturated heterocycles. The molecular weight excluding hydrogens is 250 g/mol. The maximum atomic E-state index is 11.7. The van der Waals surface area contributed by atoms with Crippen molar-refractivity contribution in [3.05, 3.63) is 29.8 Å². The van der Waals surface area contributed by atoms with Gasteiger partial charge in [0, 0.05) is 12.8 Å². The van der Waals surface area contributed by atoms with E-state index < -0.39 is 11.9 Å². The number of imide groups is 1. The molecule has 0 saturated carbocycles. The molecule has 19 heavy (non-hydrogen) atoms. The van der Waals surface area contributed by atoms with Crippen molar-refractivity contribution < 1.29 is 19.1 Å². The number of ether oxygens (including phenoxy) is 2. The summed E-state index contributed by atoms with van der Waals surface area (Å²) in [5.74, 6) is -0.563. The van der Waals surface area contributed by atoms with Crippen molar-refractivity contribution >= 4 is 17.6 Å². The Hall–Kier alpha value is -2.12. The van der Waals surface area contributed by atoms with Gasteiger partial charge in [0.25, 0.3) is 5.91 Å². The first-order valence-electron chi connectivity index (χ1n) is 5.65. The van der Waals surface area contributed by atoms with Gasteiger partial charge in [0.15, 0.2) is 0 Å². The van der Waals surface area contributed by atoms with E-state index in [9.17, 15) is 9.59 Å². The molecular formula is C12H17N3O4. The Labute approximate surface area is 111 Å². The summed E-state index contributed by atoms with van der Waals surface area (Å²) in [6.45, 7) is 0.784. The Kier molecular flexibility index (Phi) is 6.34. The number of benzene rings is 1. The summed E-state index contributed by atoms with van der Waals surface area (Å²) < 4.78 is 9.79. The van der Waals surface area contributed by atoms with Crippen molar-refractivity contribution in [2.24, 2.45) is 0 Å². The van der Waals surface area contributed by atoms with Gasteiger partial charge in [0.2, 0.25) is 0 Å². The Morgan fingerprint density at radius 1 is 1.26 bits per heavy atom. The lowest BCUT2D eigenvalue weighted by atomic mass is 10.2. The zero-order chi connectivity index (χ0) is 14.1. The van der Waals surface area contributed by atoms with E-state index in [1.54, 1.807) is 25.3 Å². The molecule has 7 nitrogen and oxygen atoms in total. The van der Waals surface area contributed by atoms with E-state index in [1.807, 2.05) is 0 Å². The summed E-state index contributed by atoms with van der Waals surface area (Å²) in [5, 5.41) is 4.52. The van der Waals surface area contributed by atoms with Gasteiger partial charge in [-0.3, -0.25) is 10.1 Å². The molecule has 0 fully saturated rings. The molecule has 0 radical (unpaired) electrons. The van der Waals surface area contributed by atoms with Crippen LogP contribution in [0.4, 0.5) is 10.5 Å². The van der Waals surface area contributed by atoms with Crippen LogP contribution in [0.5, 0.6) is 0 Å². The van der Waals surface area contributed by atoms with Crippen molar-refractivity contribution in [3.63, 3.8) is 0 Å². The van der Waals surface area contributed by atoms with E-state index in [1.165, 1.54) is 6.07 Å². The van der Waals surface area contributed by atoms with Gasteiger partial charge in [-0.15, -0.1) is 0 Å². The van der Waals surface area contributed by atoms with E-state index in [0.717, 1.165) is 0 Å². The molecule has 0 atom stereocenters. The molecule has 3 amide bonds. The Morgan fingerprint density at radius 3 is 2.68 bits per heavy atom. The zero-order valence-electron chi connectivity index (χ0n) is 10.6. The van der Waals surface area contributed by atoms with Crippen LogP contribution < -0.4 is 16.4 Å². The second kappa shape index (κ2) is 8.06. The third kappa shape index (κ3) is 5.36. The minimum atomic E-state index is -0.648. The summed E-state index contributed by atoms with van der Waals surface area (Å²) in [6.07, 6.45) is 0. The largest absolute Gasteiger partial charge is 0.398 e. The predicted octanol–water partition coefficient (Wildman–Crippen LogP) is 0.329. The number of amides is 3. The fraction of sp³-hybridized carbons (Fsp3) is 0.333. The number of urea groups is 1. The van der Waals surface area contributed by atoms with Crippen LogP contribution >= 0.6 is 0 Å². The van der Waals surface area contributed by atoms with Crippen LogP contribution in [0.15, 0.2) is 24.3 Å². The van der Waals surface area contributed by atoms with Gasteiger partial charge >= 0.3 is 6.03 Å². The maximum Gasteiger partial charge on any atom is 0.323 e. The third-order valence-corrected chi connectivity index (χ3v) is 2.20. The number of hydrogen-bond donors (Lipinski definition) is 3. The van der Waals surface area contributed by atoms with Crippen LogP contribution in [0.1, 0.15) is 10.4 Å². The Morgan fingerprint density at radius 2 is 2.00 bits per heavy atom. The number of carbonyl (C=O) groups excluding carboxylic acids is 2. The van der Waals surface area contributed by atoms with Crippen molar-refractivity contribution in [1.82, 2.24) is 10.6 Å². The number of para-hydroxylation sites is 1. The topological polar surface area (TPSA) is 103 Å². The summed E-state index contributed by atoms with van der Waals surface area (Å²) in [5.41, 5.74) is 6.18. The van der Waals surface area contributed by atoms with E-state index in [-0.39, 0.29) is 12.3 Å². The number of hydrogen-bond acceptors (Lipinski definition) is 5. The molecule has 104 valence electrons. The minimum absolute atomic E-state index is 0.00720. The molecule has 0 unspecified atom stereocenters. The third-order valence-electron chi connectivity index (χ3n) is 2.20. The molecule has 0 spiro atoms. The van der Waals surface area contributed by atoms with Gasteiger partial charge < -0.3 is 20.5 Å². The second-order valence-corrected chi connectivity index (χ2v) is 3.59. The predicted molar refractivity (Wildman–Crippen MR) is 69.5 cm³/mol. The number of nitrogens with two attached hydrogens (primary N) is 1. The quantitative estimate of drug-likeness (QED) is 0.391. The van der Waals surface area contributed by atoms with Crippen LogP contribution in [0.25, 0.3) is 0 Å². The molecule has 4 N–H and O–H groups in total. The summed E-state index contributed by atoms with van der Waals surface area (Å²) in [4.78, 5) is 23.1. The van der Waals surface area contributed by atoms with E-state index in [4.69, 9.17) is 15.2 Å². The molecule has 0 aromatic heterocycles. The molecule has 1 aromatic rings.